The van der Waals surface area contributed by atoms with Crippen LogP contribution in [0, 0.1) is 0 Å². The highest BCUT2D eigenvalue weighted by atomic mass is 79.9. The molecule has 2 amide bonds. The van der Waals surface area contributed by atoms with Crippen LogP contribution in [-0.2, 0) is 9.59 Å². The van der Waals surface area contributed by atoms with Gasteiger partial charge in [0.25, 0.3) is 0 Å². The van der Waals surface area contributed by atoms with Gasteiger partial charge in [-0.05, 0) is 54.2 Å². The molecule has 8 heteroatoms. The number of carbonyl (C=O) groups is 3. The smallest absolute Gasteiger partial charge is 0.241 e. The van der Waals surface area contributed by atoms with Crippen LogP contribution in [0.5, 0.6) is 0 Å². The number of halogens is 1. The van der Waals surface area contributed by atoms with Crippen molar-refractivity contribution >= 4 is 45.0 Å². The van der Waals surface area contributed by atoms with Gasteiger partial charge in [0.1, 0.15) is 5.82 Å². The fourth-order valence-electron chi connectivity index (χ4n) is 2.97. The van der Waals surface area contributed by atoms with E-state index in [4.69, 9.17) is 0 Å². The maximum absolute atomic E-state index is 12.9. The number of hydrogen-bond donors (Lipinski definition) is 2. The summed E-state index contributed by atoms with van der Waals surface area (Å²) >= 11 is 3.29. The molecule has 164 valence electrons. The van der Waals surface area contributed by atoms with E-state index >= 15 is 0 Å². The first-order valence-electron chi connectivity index (χ1n) is 9.96. The number of amides is 2. The summed E-state index contributed by atoms with van der Waals surface area (Å²) < 4.78 is 0.809. The predicted octanol–water partition coefficient (Wildman–Crippen LogP) is 3.97. The molecule has 32 heavy (non-hydrogen) atoms. The van der Waals surface area contributed by atoms with Crippen LogP contribution in [0.2, 0.25) is 0 Å². The molecule has 3 rings (SSSR count). The molecule has 0 aliphatic carbocycles. The van der Waals surface area contributed by atoms with Gasteiger partial charge in [0.05, 0.1) is 18.3 Å². The number of anilines is 2. The molecule has 0 spiro atoms. The van der Waals surface area contributed by atoms with Gasteiger partial charge in [-0.1, -0.05) is 42.5 Å². The Morgan fingerprint density at radius 1 is 0.969 bits per heavy atom. The van der Waals surface area contributed by atoms with Gasteiger partial charge in [-0.2, -0.15) is 0 Å². The van der Waals surface area contributed by atoms with E-state index in [1.54, 1.807) is 85.7 Å². The van der Waals surface area contributed by atoms with Crippen molar-refractivity contribution in [1.29, 1.82) is 0 Å². The number of benzene rings is 2. The normalized spacial score (nSPS) is 11.6. The van der Waals surface area contributed by atoms with Crippen LogP contribution in [0.3, 0.4) is 0 Å². The zero-order valence-corrected chi connectivity index (χ0v) is 19.3. The van der Waals surface area contributed by atoms with Crippen molar-refractivity contribution in [3.63, 3.8) is 0 Å². The average Bonchev–Trinajstić information content (AvgIpc) is 2.80. The molecule has 0 bridgehead atoms. The van der Waals surface area contributed by atoms with Crippen LogP contribution in [0.4, 0.5) is 11.5 Å². The molecule has 0 saturated carbocycles. The lowest BCUT2D eigenvalue weighted by Crippen LogP contribution is -2.43. The summed E-state index contributed by atoms with van der Waals surface area (Å²) in [5.74, 6) is -0.363. The van der Waals surface area contributed by atoms with E-state index in [2.05, 4.69) is 31.5 Å². The first-order chi connectivity index (χ1) is 15.3. The van der Waals surface area contributed by atoms with Gasteiger partial charge in [0.15, 0.2) is 5.78 Å². The molecular weight excluding hydrogens is 472 g/mol. The fraction of sp³-hybridized carbons (Fsp3) is 0.167. The van der Waals surface area contributed by atoms with E-state index in [9.17, 15) is 14.4 Å². The maximum Gasteiger partial charge on any atom is 0.241 e. The standard InChI is InChI=1S/C24H23BrN4O3/c1-16(29(2)15-22(30)28-21-13-12-18(25)14-26-21)24(32)27-20-11-7-6-10-19(20)23(31)17-8-4-3-5-9-17/h3-14,16H,15H2,1-2H3,(H,27,32)(H,26,28,30). The molecule has 1 unspecified atom stereocenters. The summed E-state index contributed by atoms with van der Waals surface area (Å²) in [6, 6.07) is 18.6. The summed E-state index contributed by atoms with van der Waals surface area (Å²) in [6.45, 7) is 1.69. The van der Waals surface area contributed by atoms with Gasteiger partial charge in [-0.25, -0.2) is 4.98 Å². The van der Waals surface area contributed by atoms with Gasteiger partial charge >= 0.3 is 0 Å². The number of nitrogens with one attached hydrogen (secondary N) is 2. The number of nitrogens with zero attached hydrogens (tertiary/aromatic N) is 2. The Morgan fingerprint density at radius 3 is 2.34 bits per heavy atom. The molecule has 2 aromatic carbocycles. The number of rotatable bonds is 8. The van der Waals surface area contributed by atoms with Crippen molar-refractivity contribution in [2.75, 3.05) is 24.2 Å². The van der Waals surface area contributed by atoms with E-state index in [1.165, 1.54) is 0 Å². The molecule has 0 aliphatic heterocycles. The molecule has 0 radical (unpaired) electrons. The monoisotopic (exact) mass is 494 g/mol. The Kier molecular flexibility index (Phi) is 7.86. The minimum atomic E-state index is -0.612. The summed E-state index contributed by atoms with van der Waals surface area (Å²) in [5, 5.41) is 5.52. The van der Waals surface area contributed by atoms with Crippen molar-refractivity contribution in [1.82, 2.24) is 9.88 Å². The van der Waals surface area contributed by atoms with Crippen molar-refractivity contribution in [2.45, 2.75) is 13.0 Å². The lowest BCUT2D eigenvalue weighted by atomic mass is 10.0. The first-order valence-corrected chi connectivity index (χ1v) is 10.8. The van der Waals surface area contributed by atoms with Crippen LogP contribution >= 0.6 is 15.9 Å². The second kappa shape index (κ2) is 10.8. The lowest BCUT2D eigenvalue weighted by Gasteiger charge is -2.23. The third kappa shape index (κ3) is 6.09. The summed E-state index contributed by atoms with van der Waals surface area (Å²) in [5.41, 5.74) is 1.37. The molecule has 1 aromatic heterocycles. The highest BCUT2D eigenvalue weighted by molar-refractivity contribution is 9.10. The minimum Gasteiger partial charge on any atom is -0.324 e. The third-order valence-electron chi connectivity index (χ3n) is 4.89. The van der Waals surface area contributed by atoms with E-state index in [0.717, 1.165) is 4.47 Å². The summed E-state index contributed by atoms with van der Waals surface area (Å²) in [4.78, 5) is 43.7. The Balaban J connectivity index is 1.63. The topological polar surface area (TPSA) is 91.4 Å². The van der Waals surface area contributed by atoms with Crippen molar-refractivity contribution < 1.29 is 14.4 Å². The van der Waals surface area contributed by atoms with Crippen LogP contribution in [0.25, 0.3) is 0 Å². The third-order valence-corrected chi connectivity index (χ3v) is 5.36. The van der Waals surface area contributed by atoms with Crippen LogP contribution in [0.1, 0.15) is 22.8 Å². The average molecular weight is 495 g/mol. The Hall–Kier alpha value is -3.36. The van der Waals surface area contributed by atoms with Crippen LogP contribution in [0.15, 0.2) is 77.4 Å². The Morgan fingerprint density at radius 2 is 1.66 bits per heavy atom. The summed E-state index contributed by atoms with van der Waals surface area (Å²) in [7, 11) is 1.68. The number of ketones is 1. The van der Waals surface area contributed by atoms with Gasteiger partial charge in [-0.3, -0.25) is 19.3 Å². The first kappa shape index (κ1) is 23.3. The van der Waals surface area contributed by atoms with Gasteiger partial charge in [-0.15, -0.1) is 0 Å². The fourth-order valence-corrected chi connectivity index (χ4v) is 3.20. The molecule has 2 N–H and O–H groups in total. The van der Waals surface area contributed by atoms with E-state index in [-0.39, 0.29) is 24.1 Å². The van der Waals surface area contributed by atoms with E-state index in [1.807, 2.05) is 6.07 Å². The Bertz CT molecular complexity index is 1100. The lowest BCUT2D eigenvalue weighted by molar-refractivity contribution is -0.122. The highest BCUT2D eigenvalue weighted by Crippen LogP contribution is 2.20. The zero-order valence-electron chi connectivity index (χ0n) is 17.7. The molecule has 3 aromatic rings. The van der Waals surface area contributed by atoms with Gasteiger partial charge in [0.2, 0.25) is 11.8 Å². The molecule has 1 heterocycles. The number of para-hydroxylation sites is 1. The van der Waals surface area contributed by atoms with Crippen LogP contribution < -0.4 is 10.6 Å². The Labute approximate surface area is 195 Å². The van der Waals surface area contributed by atoms with Crippen molar-refractivity contribution in [3.05, 3.63) is 88.5 Å². The quantitative estimate of drug-likeness (QED) is 0.462. The second-order valence-electron chi connectivity index (χ2n) is 7.23. The van der Waals surface area contributed by atoms with Crippen molar-refractivity contribution in [3.8, 4) is 0 Å². The predicted molar refractivity (Wildman–Crippen MR) is 128 cm³/mol. The number of hydrogen-bond acceptors (Lipinski definition) is 5. The number of likely N-dealkylation sites (N-methyl/N-ethyl adjacent to an activating group) is 1. The SMILES string of the molecule is CC(C(=O)Nc1ccccc1C(=O)c1ccccc1)N(C)CC(=O)Nc1ccc(Br)cn1. The second-order valence-corrected chi connectivity index (χ2v) is 8.15. The van der Waals surface area contributed by atoms with Crippen molar-refractivity contribution in [2.24, 2.45) is 0 Å². The van der Waals surface area contributed by atoms with Gasteiger partial charge < -0.3 is 10.6 Å². The summed E-state index contributed by atoms with van der Waals surface area (Å²) in [6.07, 6.45) is 1.59. The largest absolute Gasteiger partial charge is 0.324 e. The highest BCUT2D eigenvalue weighted by Gasteiger charge is 2.22. The molecule has 0 fully saturated rings. The van der Waals surface area contributed by atoms with Crippen LogP contribution in [-0.4, -0.2) is 47.1 Å². The molecule has 1 atom stereocenters. The molecule has 0 aliphatic rings. The molecular formula is C24H23BrN4O3. The number of carbonyl (C=O) groups excluding carboxylic acids is 3. The van der Waals surface area contributed by atoms with E-state index < -0.39 is 6.04 Å². The van der Waals surface area contributed by atoms with Gasteiger partial charge in [0, 0.05) is 21.8 Å². The number of aromatic nitrogens is 1. The number of pyridine rings is 1. The van der Waals surface area contributed by atoms with E-state index in [0.29, 0.717) is 22.6 Å². The molecule has 0 saturated heterocycles. The zero-order chi connectivity index (χ0) is 23.1. The molecule has 7 nitrogen and oxygen atoms in total. The minimum absolute atomic E-state index is 0.00305. The maximum atomic E-state index is 12.9.